The molecule has 1 aromatic rings. The average Bonchev–Trinajstić information content (AvgIpc) is 2.50. The summed E-state index contributed by atoms with van der Waals surface area (Å²) >= 11 is 0. The van der Waals surface area contributed by atoms with E-state index in [1.165, 1.54) is 50.5 Å². The van der Waals surface area contributed by atoms with E-state index in [0.29, 0.717) is 5.92 Å². The van der Waals surface area contributed by atoms with Crippen molar-refractivity contribution in [3.63, 3.8) is 0 Å². The van der Waals surface area contributed by atoms with Crippen LogP contribution in [0.25, 0.3) is 0 Å². The summed E-state index contributed by atoms with van der Waals surface area (Å²) in [6.07, 6.45) is 11.8. The molecule has 3 rings (SSSR count). The fraction of sp³-hybridized carbons (Fsp3) is 0.706. The largest absolute Gasteiger partial charge is 0.271 e. The Bertz CT molecular complexity index is 428. The van der Waals surface area contributed by atoms with Gasteiger partial charge >= 0.3 is 0 Å². The second-order valence-electron chi connectivity index (χ2n) is 6.75. The molecule has 4 atom stereocenters. The molecule has 3 heteroatoms. The van der Waals surface area contributed by atoms with Crippen molar-refractivity contribution in [3.05, 3.63) is 29.6 Å². The number of pyridine rings is 1. The molecule has 110 valence electrons. The monoisotopic (exact) mass is 273 g/mol. The van der Waals surface area contributed by atoms with Crippen LogP contribution in [-0.4, -0.2) is 4.98 Å². The molecule has 0 aromatic carbocycles. The first-order valence-electron chi connectivity index (χ1n) is 8.16. The first-order valence-corrected chi connectivity index (χ1v) is 8.16. The fourth-order valence-electron chi connectivity index (χ4n) is 4.38. The van der Waals surface area contributed by atoms with Crippen LogP contribution in [0.5, 0.6) is 0 Å². The predicted octanol–water partition coefficient (Wildman–Crippen LogP) is 3.50. The maximum Gasteiger partial charge on any atom is 0.0503 e. The maximum atomic E-state index is 5.86. The van der Waals surface area contributed by atoms with Gasteiger partial charge in [-0.25, -0.2) is 0 Å². The van der Waals surface area contributed by atoms with Gasteiger partial charge in [0.05, 0.1) is 6.04 Å². The highest BCUT2D eigenvalue weighted by Crippen LogP contribution is 2.45. The summed E-state index contributed by atoms with van der Waals surface area (Å²) in [4.78, 5) is 4.43. The summed E-state index contributed by atoms with van der Waals surface area (Å²) in [5, 5.41) is 0. The van der Waals surface area contributed by atoms with Crippen LogP contribution in [0.2, 0.25) is 0 Å². The van der Waals surface area contributed by atoms with Crippen LogP contribution >= 0.6 is 0 Å². The van der Waals surface area contributed by atoms with Crippen molar-refractivity contribution in [2.75, 3.05) is 0 Å². The molecule has 0 radical (unpaired) electrons. The lowest BCUT2D eigenvalue weighted by Crippen LogP contribution is -2.38. The van der Waals surface area contributed by atoms with Crippen molar-refractivity contribution in [1.82, 2.24) is 10.4 Å². The lowest BCUT2D eigenvalue weighted by molar-refractivity contribution is 0.109. The second kappa shape index (κ2) is 6.23. The number of nitrogens with zero attached hydrogens (tertiary/aromatic N) is 1. The van der Waals surface area contributed by atoms with Gasteiger partial charge in [0.2, 0.25) is 0 Å². The topological polar surface area (TPSA) is 50.9 Å². The summed E-state index contributed by atoms with van der Waals surface area (Å²) in [5.41, 5.74) is 5.38. The number of hydrazine groups is 1. The number of hydrogen-bond donors (Lipinski definition) is 2. The van der Waals surface area contributed by atoms with E-state index in [4.69, 9.17) is 5.84 Å². The van der Waals surface area contributed by atoms with Gasteiger partial charge in [-0.1, -0.05) is 31.7 Å². The van der Waals surface area contributed by atoms with Gasteiger partial charge in [0.15, 0.2) is 0 Å². The molecule has 0 spiro atoms. The van der Waals surface area contributed by atoms with Crippen LogP contribution in [-0.2, 0) is 0 Å². The normalized spacial score (nSPS) is 31.6. The van der Waals surface area contributed by atoms with Gasteiger partial charge in [-0.3, -0.25) is 16.3 Å². The number of nitrogens with one attached hydrogen (secondary N) is 1. The molecule has 1 aromatic heterocycles. The Labute approximate surface area is 122 Å². The van der Waals surface area contributed by atoms with E-state index in [9.17, 15) is 0 Å². The summed E-state index contributed by atoms with van der Waals surface area (Å²) < 4.78 is 0. The molecule has 0 bridgehead atoms. The van der Waals surface area contributed by atoms with E-state index >= 15 is 0 Å². The Morgan fingerprint density at radius 1 is 1.15 bits per heavy atom. The Kier molecular flexibility index (Phi) is 4.37. The van der Waals surface area contributed by atoms with E-state index in [2.05, 4.69) is 22.5 Å². The number of rotatable bonds is 3. The third-order valence-electron chi connectivity index (χ3n) is 5.52. The summed E-state index contributed by atoms with van der Waals surface area (Å²) in [6, 6.07) is 4.54. The van der Waals surface area contributed by atoms with Gasteiger partial charge in [0.25, 0.3) is 0 Å². The minimum Gasteiger partial charge on any atom is -0.271 e. The standard InChI is InChI=1S/C17H27N3/c1-12-6-7-16(11-19-12)17(20-18)15-9-8-13-4-2-3-5-14(13)10-15/h6-7,11,13-15,17,20H,2-5,8-10,18H2,1H3. The SMILES string of the molecule is Cc1ccc(C(NN)C2CCC3CCCCC3C2)cn1. The number of aryl methyl sites for hydroxylation is 1. The lowest BCUT2D eigenvalue weighted by atomic mass is 9.65. The lowest BCUT2D eigenvalue weighted by Gasteiger charge is -2.41. The van der Waals surface area contributed by atoms with Gasteiger partial charge in [-0.15, -0.1) is 0 Å². The Hall–Kier alpha value is -0.930. The van der Waals surface area contributed by atoms with Crippen LogP contribution in [0.4, 0.5) is 0 Å². The highest BCUT2D eigenvalue weighted by atomic mass is 15.2. The van der Waals surface area contributed by atoms with E-state index in [-0.39, 0.29) is 6.04 Å². The zero-order valence-electron chi connectivity index (χ0n) is 12.5. The Balaban J connectivity index is 1.71. The van der Waals surface area contributed by atoms with Crippen LogP contribution in [0.1, 0.15) is 62.2 Å². The van der Waals surface area contributed by atoms with E-state index in [1.54, 1.807) is 0 Å². The van der Waals surface area contributed by atoms with Gasteiger partial charge in [-0.2, -0.15) is 0 Å². The maximum absolute atomic E-state index is 5.86. The van der Waals surface area contributed by atoms with Crippen molar-refractivity contribution in [2.24, 2.45) is 23.6 Å². The van der Waals surface area contributed by atoms with Crippen LogP contribution in [0.15, 0.2) is 18.3 Å². The molecule has 3 nitrogen and oxygen atoms in total. The molecule has 4 unspecified atom stereocenters. The molecule has 2 aliphatic carbocycles. The van der Waals surface area contributed by atoms with Crippen molar-refractivity contribution in [2.45, 2.75) is 57.9 Å². The van der Waals surface area contributed by atoms with E-state index < -0.39 is 0 Å². The summed E-state index contributed by atoms with van der Waals surface area (Å²) in [6.45, 7) is 2.03. The molecular weight excluding hydrogens is 246 g/mol. The van der Waals surface area contributed by atoms with Crippen molar-refractivity contribution < 1.29 is 0 Å². The van der Waals surface area contributed by atoms with Gasteiger partial charge in [0.1, 0.15) is 0 Å². The first kappa shape index (κ1) is 14.0. The highest BCUT2D eigenvalue weighted by Gasteiger charge is 2.35. The molecule has 20 heavy (non-hydrogen) atoms. The average molecular weight is 273 g/mol. The zero-order chi connectivity index (χ0) is 13.9. The first-order chi connectivity index (χ1) is 9.78. The molecule has 0 saturated heterocycles. The molecule has 1 heterocycles. The van der Waals surface area contributed by atoms with Crippen LogP contribution < -0.4 is 11.3 Å². The van der Waals surface area contributed by atoms with Crippen LogP contribution in [0, 0.1) is 24.7 Å². The molecule has 3 N–H and O–H groups in total. The van der Waals surface area contributed by atoms with Crippen molar-refractivity contribution in [3.8, 4) is 0 Å². The Morgan fingerprint density at radius 2 is 1.95 bits per heavy atom. The molecule has 0 aliphatic heterocycles. The quantitative estimate of drug-likeness (QED) is 0.654. The zero-order valence-corrected chi connectivity index (χ0v) is 12.5. The second-order valence-corrected chi connectivity index (χ2v) is 6.75. The number of nitrogens with two attached hydrogens (primary N) is 1. The minimum absolute atomic E-state index is 0.269. The Morgan fingerprint density at radius 3 is 2.65 bits per heavy atom. The van der Waals surface area contributed by atoms with E-state index in [0.717, 1.165) is 17.5 Å². The number of fused-ring (bicyclic) bond motifs is 1. The van der Waals surface area contributed by atoms with E-state index in [1.807, 2.05) is 13.1 Å². The van der Waals surface area contributed by atoms with Crippen molar-refractivity contribution in [1.29, 1.82) is 0 Å². The third-order valence-corrected chi connectivity index (χ3v) is 5.52. The number of hydrogen-bond acceptors (Lipinski definition) is 3. The molecule has 2 fully saturated rings. The molecular formula is C17H27N3. The van der Waals surface area contributed by atoms with Gasteiger partial charge in [0, 0.05) is 11.9 Å². The number of aromatic nitrogens is 1. The highest BCUT2D eigenvalue weighted by molar-refractivity contribution is 5.18. The van der Waals surface area contributed by atoms with Gasteiger partial charge < -0.3 is 0 Å². The summed E-state index contributed by atoms with van der Waals surface area (Å²) in [5.74, 6) is 8.47. The third kappa shape index (κ3) is 2.89. The fourth-order valence-corrected chi connectivity index (χ4v) is 4.38. The predicted molar refractivity (Wildman–Crippen MR) is 81.8 cm³/mol. The van der Waals surface area contributed by atoms with Gasteiger partial charge in [-0.05, 0) is 55.6 Å². The molecule has 2 aliphatic rings. The van der Waals surface area contributed by atoms with Crippen LogP contribution in [0.3, 0.4) is 0 Å². The minimum atomic E-state index is 0.269. The molecule has 2 saturated carbocycles. The smallest absolute Gasteiger partial charge is 0.0503 e. The van der Waals surface area contributed by atoms with Crippen molar-refractivity contribution >= 4 is 0 Å². The summed E-state index contributed by atoms with van der Waals surface area (Å²) in [7, 11) is 0. The molecule has 0 amide bonds.